The van der Waals surface area contributed by atoms with E-state index in [-0.39, 0.29) is 0 Å². The second-order valence-electron chi connectivity index (χ2n) is 7.03. The summed E-state index contributed by atoms with van der Waals surface area (Å²) in [6.07, 6.45) is 3.91. The predicted octanol–water partition coefficient (Wildman–Crippen LogP) is 4.95. The Hall–Kier alpha value is -1.28. The topological polar surface area (TPSA) is 25.2 Å². The molecule has 1 aliphatic carbocycles. The van der Waals surface area contributed by atoms with E-state index in [2.05, 4.69) is 56.4 Å². The van der Waals surface area contributed by atoms with Crippen molar-refractivity contribution in [1.82, 2.24) is 5.32 Å². The van der Waals surface area contributed by atoms with Crippen LogP contribution in [-0.2, 0) is 0 Å². The summed E-state index contributed by atoms with van der Waals surface area (Å²) in [7, 11) is 0. The summed E-state index contributed by atoms with van der Waals surface area (Å²) < 4.78 is 6.17. The first-order chi connectivity index (χ1) is 10.1. The van der Waals surface area contributed by atoms with Crippen molar-refractivity contribution < 1.29 is 4.42 Å². The number of para-hydroxylation sites is 1. The van der Waals surface area contributed by atoms with Gasteiger partial charge in [0.2, 0.25) is 0 Å². The minimum absolute atomic E-state index is 0.556. The lowest BCUT2D eigenvalue weighted by molar-refractivity contribution is 0.218. The molecule has 1 heterocycles. The molecule has 0 aliphatic heterocycles. The minimum atomic E-state index is 0.556. The van der Waals surface area contributed by atoms with Crippen molar-refractivity contribution in [1.29, 1.82) is 0 Å². The van der Waals surface area contributed by atoms with Crippen LogP contribution in [-0.4, -0.2) is 12.6 Å². The molecule has 0 saturated heterocycles. The van der Waals surface area contributed by atoms with Crippen LogP contribution < -0.4 is 5.32 Å². The highest BCUT2D eigenvalue weighted by atomic mass is 16.3. The van der Waals surface area contributed by atoms with Crippen molar-refractivity contribution in [3.05, 3.63) is 36.1 Å². The standard InChI is InChI=1S/C19H27NO/c1-13(2)20-12-16-9-8-14(3)10-17(16)19-11-15-6-4-5-7-18(15)21-19/h4-7,11,13-14,16-17,20H,8-10,12H2,1-3H3. The molecule has 1 saturated carbocycles. The Morgan fingerprint density at radius 1 is 1.24 bits per heavy atom. The molecule has 1 fully saturated rings. The van der Waals surface area contributed by atoms with Crippen molar-refractivity contribution in [3.63, 3.8) is 0 Å². The Kier molecular flexibility index (Phi) is 4.34. The van der Waals surface area contributed by atoms with Gasteiger partial charge >= 0.3 is 0 Å². The zero-order chi connectivity index (χ0) is 14.8. The normalized spacial score (nSPS) is 26.6. The van der Waals surface area contributed by atoms with Gasteiger partial charge in [-0.15, -0.1) is 0 Å². The van der Waals surface area contributed by atoms with Gasteiger partial charge in [-0.2, -0.15) is 0 Å². The van der Waals surface area contributed by atoms with Crippen LogP contribution in [0, 0.1) is 11.8 Å². The Balaban J connectivity index is 1.83. The first-order valence-corrected chi connectivity index (χ1v) is 8.35. The van der Waals surface area contributed by atoms with Crippen LogP contribution in [0.25, 0.3) is 11.0 Å². The van der Waals surface area contributed by atoms with E-state index in [0.717, 1.165) is 18.0 Å². The summed E-state index contributed by atoms with van der Waals surface area (Å²) >= 11 is 0. The number of nitrogens with one attached hydrogen (secondary N) is 1. The Morgan fingerprint density at radius 2 is 2.05 bits per heavy atom. The van der Waals surface area contributed by atoms with E-state index in [9.17, 15) is 0 Å². The molecule has 2 heteroatoms. The van der Waals surface area contributed by atoms with Gasteiger partial charge in [0.05, 0.1) is 0 Å². The van der Waals surface area contributed by atoms with E-state index in [4.69, 9.17) is 4.42 Å². The highest BCUT2D eigenvalue weighted by molar-refractivity contribution is 5.77. The van der Waals surface area contributed by atoms with Crippen LogP contribution in [0.3, 0.4) is 0 Å². The van der Waals surface area contributed by atoms with Crippen molar-refractivity contribution in [3.8, 4) is 0 Å². The van der Waals surface area contributed by atoms with Crippen LogP contribution in [0.1, 0.15) is 51.7 Å². The predicted molar refractivity (Wildman–Crippen MR) is 88.6 cm³/mol. The van der Waals surface area contributed by atoms with Gasteiger partial charge < -0.3 is 9.73 Å². The molecule has 1 aromatic carbocycles. The quantitative estimate of drug-likeness (QED) is 0.859. The average molecular weight is 285 g/mol. The van der Waals surface area contributed by atoms with Crippen molar-refractivity contribution in [2.75, 3.05) is 6.54 Å². The number of rotatable bonds is 4. The van der Waals surface area contributed by atoms with Gasteiger partial charge in [-0.05, 0) is 43.4 Å². The van der Waals surface area contributed by atoms with E-state index >= 15 is 0 Å². The summed E-state index contributed by atoms with van der Waals surface area (Å²) in [6, 6.07) is 11.2. The molecule has 1 N–H and O–H groups in total. The van der Waals surface area contributed by atoms with Crippen molar-refractivity contribution >= 4 is 11.0 Å². The van der Waals surface area contributed by atoms with Gasteiger partial charge in [0.25, 0.3) is 0 Å². The highest BCUT2D eigenvalue weighted by Crippen LogP contribution is 2.41. The summed E-state index contributed by atoms with van der Waals surface area (Å²) in [6.45, 7) is 7.93. The maximum atomic E-state index is 6.17. The van der Waals surface area contributed by atoms with Crippen molar-refractivity contribution in [2.24, 2.45) is 11.8 Å². The number of hydrogen-bond acceptors (Lipinski definition) is 2. The first-order valence-electron chi connectivity index (χ1n) is 8.35. The molecule has 3 unspecified atom stereocenters. The van der Waals surface area contributed by atoms with Crippen molar-refractivity contribution in [2.45, 2.75) is 52.0 Å². The van der Waals surface area contributed by atoms with Gasteiger partial charge in [0.1, 0.15) is 11.3 Å². The van der Waals surface area contributed by atoms with E-state index < -0.39 is 0 Å². The molecule has 0 bridgehead atoms. The summed E-state index contributed by atoms with van der Waals surface area (Å²) in [4.78, 5) is 0. The molecule has 2 nitrogen and oxygen atoms in total. The molecule has 0 spiro atoms. The maximum absolute atomic E-state index is 6.17. The zero-order valence-electron chi connectivity index (χ0n) is 13.4. The molecule has 0 radical (unpaired) electrons. The van der Waals surface area contributed by atoms with Gasteiger partial charge in [0, 0.05) is 17.3 Å². The molecular weight excluding hydrogens is 258 g/mol. The lowest BCUT2D eigenvalue weighted by Crippen LogP contribution is -2.34. The van der Waals surface area contributed by atoms with Gasteiger partial charge in [-0.1, -0.05) is 45.4 Å². The third-order valence-corrected chi connectivity index (χ3v) is 4.85. The molecule has 3 rings (SSSR count). The van der Waals surface area contributed by atoms with Gasteiger partial charge in [0.15, 0.2) is 0 Å². The number of fused-ring (bicyclic) bond motifs is 1. The van der Waals surface area contributed by atoms with E-state index in [1.165, 1.54) is 30.4 Å². The first kappa shape index (κ1) is 14.6. The minimum Gasteiger partial charge on any atom is -0.461 e. The summed E-state index contributed by atoms with van der Waals surface area (Å²) in [5.41, 5.74) is 1.03. The van der Waals surface area contributed by atoms with Crippen LogP contribution in [0.5, 0.6) is 0 Å². The largest absolute Gasteiger partial charge is 0.461 e. The zero-order valence-corrected chi connectivity index (χ0v) is 13.4. The van der Waals surface area contributed by atoms with Gasteiger partial charge in [-0.3, -0.25) is 0 Å². The van der Waals surface area contributed by atoms with Gasteiger partial charge in [-0.25, -0.2) is 0 Å². The molecule has 114 valence electrons. The second kappa shape index (κ2) is 6.23. The lowest BCUT2D eigenvalue weighted by atomic mass is 9.73. The maximum Gasteiger partial charge on any atom is 0.134 e. The molecule has 2 aromatic rings. The number of hydrogen-bond donors (Lipinski definition) is 1. The van der Waals surface area contributed by atoms with Crippen LogP contribution >= 0.6 is 0 Å². The molecule has 1 aromatic heterocycles. The van der Waals surface area contributed by atoms with Crippen LogP contribution in [0.4, 0.5) is 0 Å². The smallest absolute Gasteiger partial charge is 0.134 e. The van der Waals surface area contributed by atoms with E-state index in [1.807, 2.05) is 0 Å². The molecule has 3 atom stereocenters. The fourth-order valence-corrected chi connectivity index (χ4v) is 3.61. The average Bonchev–Trinajstić information content (AvgIpc) is 2.89. The number of benzene rings is 1. The van der Waals surface area contributed by atoms with E-state index in [1.54, 1.807) is 0 Å². The van der Waals surface area contributed by atoms with Crippen LogP contribution in [0.15, 0.2) is 34.7 Å². The molecular formula is C19H27NO. The molecule has 21 heavy (non-hydrogen) atoms. The highest BCUT2D eigenvalue weighted by Gasteiger charge is 2.32. The number of furan rings is 1. The molecule has 0 amide bonds. The Labute approximate surface area is 127 Å². The Bertz CT molecular complexity index is 553. The Morgan fingerprint density at radius 3 is 2.81 bits per heavy atom. The summed E-state index contributed by atoms with van der Waals surface area (Å²) in [5, 5.41) is 4.86. The van der Waals surface area contributed by atoms with E-state index in [0.29, 0.717) is 17.9 Å². The monoisotopic (exact) mass is 285 g/mol. The lowest BCUT2D eigenvalue weighted by Gasteiger charge is -2.34. The fourth-order valence-electron chi connectivity index (χ4n) is 3.61. The second-order valence-corrected chi connectivity index (χ2v) is 7.03. The SMILES string of the molecule is CC1CCC(CNC(C)C)C(c2cc3ccccc3o2)C1. The third kappa shape index (κ3) is 3.32. The fraction of sp³-hybridized carbons (Fsp3) is 0.579. The third-order valence-electron chi connectivity index (χ3n) is 4.85. The van der Waals surface area contributed by atoms with Crippen LogP contribution in [0.2, 0.25) is 0 Å². The molecule has 1 aliphatic rings. The summed E-state index contributed by atoms with van der Waals surface area (Å²) in [5.74, 6) is 3.26.